The lowest BCUT2D eigenvalue weighted by Crippen LogP contribution is -2.50. The quantitative estimate of drug-likeness (QED) is 0.812. The van der Waals surface area contributed by atoms with Gasteiger partial charge >= 0.3 is 0 Å². The van der Waals surface area contributed by atoms with E-state index in [4.69, 9.17) is 16.3 Å². The molecule has 3 rings (SSSR count). The largest absolute Gasteiger partial charge is 0.439 e. The molecule has 1 fully saturated rings. The zero-order chi connectivity index (χ0) is 18.7. The predicted molar refractivity (Wildman–Crippen MR) is 103 cm³/mol. The van der Waals surface area contributed by atoms with Crippen molar-refractivity contribution >= 4 is 17.5 Å². The number of carbonyl (C=O) groups is 1. The van der Waals surface area contributed by atoms with Gasteiger partial charge in [0.25, 0.3) is 5.91 Å². The van der Waals surface area contributed by atoms with Crippen molar-refractivity contribution in [1.82, 2.24) is 14.8 Å². The molecule has 5 nitrogen and oxygen atoms in total. The van der Waals surface area contributed by atoms with Crippen LogP contribution in [0.15, 0.2) is 36.5 Å². The first-order chi connectivity index (χ1) is 12.4. The van der Waals surface area contributed by atoms with Crippen LogP contribution >= 0.6 is 11.6 Å². The highest BCUT2D eigenvalue weighted by atomic mass is 35.5. The highest BCUT2D eigenvalue weighted by Gasteiger charge is 2.23. The van der Waals surface area contributed by atoms with Gasteiger partial charge in [0.05, 0.1) is 5.56 Å². The van der Waals surface area contributed by atoms with E-state index >= 15 is 0 Å². The molecule has 0 spiro atoms. The number of piperazine rings is 1. The van der Waals surface area contributed by atoms with Gasteiger partial charge in [-0.15, -0.1) is 0 Å². The van der Waals surface area contributed by atoms with Gasteiger partial charge in [-0.05, 0) is 50.6 Å². The Balaban J connectivity index is 1.62. The van der Waals surface area contributed by atoms with Gasteiger partial charge in [-0.1, -0.05) is 11.6 Å². The van der Waals surface area contributed by atoms with Crippen molar-refractivity contribution in [3.63, 3.8) is 0 Å². The molecule has 1 saturated heterocycles. The molecular formula is C20H24ClN3O2. The number of hydrogen-bond donors (Lipinski definition) is 0. The van der Waals surface area contributed by atoms with Gasteiger partial charge in [-0.2, -0.15) is 0 Å². The Morgan fingerprint density at radius 3 is 2.46 bits per heavy atom. The van der Waals surface area contributed by atoms with Crippen LogP contribution < -0.4 is 4.74 Å². The number of aromatic nitrogens is 1. The third kappa shape index (κ3) is 4.34. The zero-order valence-corrected chi connectivity index (χ0v) is 16.2. The molecular weight excluding hydrogens is 350 g/mol. The average molecular weight is 374 g/mol. The molecule has 1 amide bonds. The zero-order valence-electron chi connectivity index (χ0n) is 15.4. The summed E-state index contributed by atoms with van der Waals surface area (Å²) in [5.74, 6) is 1.14. The van der Waals surface area contributed by atoms with Crippen molar-refractivity contribution in [2.24, 2.45) is 0 Å². The average Bonchev–Trinajstić information content (AvgIpc) is 2.65. The van der Waals surface area contributed by atoms with Crippen LogP contribution in [0.4, 0.5) is 0 Å². The molecule has 0 aliphatic carbocycles. The van der Waals surface area contributed by atoms with E-state index in [0.717, 1.165) is 31.7 Å². The minimum absolute atomic E-state index is 0.0230. The number of carbonyl (C=O) groups excluding carboxylic acids is 1. The van der Waals surface area contributed by atoms with Crippen molar-refractivity contribution in [1.29, 1.82) is 0 Å². The summed E-state index contributed by atoms with van der Waals surface area (Å²) in [6.45, 7) is 9.61. The molecule has 138 valence electrons. The van der Waals surface area contributed by atoms with Crippen LogP contribution in [0.2, 0.25) is 5.02 Å². The van der Waals surface area contributed by atoms with E-state index in [0.29, 0.717) is 28.3 Å². The molecule has 0 atom stereocenters. The number of halogens is 1. The molecule has 1 aliphatic heterocycles. The Labute approximate surface area is 159 Å². The number of hydrogen-bond acceptors (Lipinski definition) is 4. The number of benzene rings is 1. The monoisotopic (exact) mass is 373 g/mol. The minimum atomic E-state index is 0.0230. The summed E-state index contributed by atoms with van der Waals surface area (Å²) in [6.07, 6.45) is 1.58. The van der Waals surface area contributed by atoms with Crippen LogP contribution in [0, 0.1) is 6.92 Å². The summed E-state index contributed by atoms with van der Waals surface area (Å²) in [5.41, 5.74) is 1.53. The first-order valence-corrected chi connectivity index (χ1v) is 9.25. The second-order valence-corrected chi connectivity index (χ2v) is 7.23. The van der Waals surface area contributed by atoms with Crippen molar-refractivity contribution in [2.45, 2.75) is 26.8 Å². The molecule has 1 aromatic heterocycles. The lowest BCUT2D eigenvalue weighted by atomic mass is 10.2. The smallest absolute Gasteiger partial charge is 0.255 e. The summed E-state index contributed by atoms with van der Waals surface area (Å²) < 4.78 is 5.73. The van der Waals surface area contributed by atoms with Gasteiger partial charge in [-0.3, -0.25) is 9.69 Å². The van der Waals surface area contributed by atoms with E-state index in [1.165, 1.54) is 0 Å². The van der Waals surface area contributed by atoms with Gasteiger partial charge in [0.1, 0.15) is 5.75 Å². The Bertz CT molecular complexity index is 769. The fraction of sp³-hybridized carbons (Fsp3) is 0.400. The Morgan fingerprint density at radius 2 is 1.88 bits per heavy atom. The highest BCUT2D eigenvalue weighted by molar-refractivity contribution is 6.31. The maximum Gasteiger partial charge on any atom is 0.255 e. The van der Waals surface area contributed by atoms with E-state index in [1.807, 2.05) is 17.9 Å². The van der Waals surface area contributed by atoms with Crippen LogP contribution in [0.1, 0.15) is 29.8 Å². The lowest BCUT2D eigenvalue weighted by Gasteiger charge is -2.36. The molecule has 0 radical (unpaired) electrons. The normalized spacial score (nSPS) is 15.3. The molecule has 2 aromatic rings. The second kappa shape index (κ2) is 8.06. The number of aryl methyl sites for hydroxylation is 1. The van der Waals surface area contributed by atoms with Crippen LogP contribution in [-0.2, 0) is 0 Å². The molecule has 0 bridgehead atoms. The van der Waals surface area contributed by atoms with E-state index in [1.54, 1.807) is 30.5 Å². The SMILES string of the molecule is Cc1cc(Oc2ccc(C(=O)N3CCN(C(C)C)CC3)cn2)ccc1Cl. The molecule has 26 heavy (non-hydrogen) atoms. The van der Waals surface area contributed by atoms with Crippen molar-refractivity contribution in [2.75, 3.05) is 26.2 Å². The van der Waals surface area contributed by atoms with Gasteiger partial charge in [-0.25, -0.2) is 4.98 Å². The minimum Gasteiger partial charge on any atom is -0.439 e. The van der Waals surface area contributed by atoms with Gasteiger partial charge in [0.2, 0.25) is 5.88 Å². The first kappa shape index (κ1) is 18.7. The standard InChI is InChI=1S/C20H24ClN3O2/c1-14(2)23-8-10-24(11-9-23)20(25)16-4-7-19(22-13-16)26-17-5-6-18(21)15(3)12-17/h4-7,12-14H,8-11H2,1-3H3. The molecule has 0 unspecified atom stereocenters. The van der Waals surface area contributed by atoms with E-state index in [9.17, 15) is 4.79 Å². The number of amides is 1. The van der Waals surface area contributed by atoms with Gasteiger partial charge in [0, 0.05) is 49.5 Å². The topological polar surface area (TPSA) is 45.7 Å². The summed E-state index contributed by atoms with van der Waals surface area (Å²) in [4.78, 5) is 21.2. The third-order valence-electron chi connectivity index (χ3n) is 4.67. The summed E-state index contributed by atoms with van der Waals surface area (Å²) in [7, 11) is 0. The lowest BCUT2D eigenvalue weighted by molar-refractivity contribution is 0.0595. The number of nitrogens with zero attached hydrogens (tertiary/aromatic N) is 3. The summed E-state index contributed by atoms with van der Waals surface area (Å²) in [6, 6.07) is 9.45. The Kier molecular flexibility index (Phi) is 5.79. The van der Waals surface area contributed by atoms with Crippen LogP contribution in [0.5, 0.6) is 11.6 Å². The fourth-order valence-electron chi connectivity index (χ4n) is 2.99. The van der Waals surface area contributed by atoms with Crippen molar-refractivity contribution < 1.29 is 9.53 Å². The predicted octanol–water partition coefficient (Wildman–Crippen LogP) is 4.00. The Morgan fingerprint density at radius 1 is 1.15 bits per heavy atom. The van der Waals surface area contributed by atoms with Gasteiger partial charge in [0.15, 0.2) is 0 Å². The van der Waals surface area contributed by atoms with Crippen LogP contribution in [0.3, 0.4) is 0 Å². The molecule has 2 heterocycles. The van der Waals surface area contributed by atoms with Crippen LogP contribution in [0.25, 0.3) is 0 Å². The van der Waals surface area contributed by atoms with E-state index in [2.05, 4.69) is 23.7 Å². The summed E-state index contributed by atoms with van der Waals surface area (Å²) in [5, 5.41) is 0.698. The highest BCUT2D eigenvalue weighted by Crippen LogP contribution is 2.25. The summed E-state index contributed by atoms with van der Waals surface area (Å²) >= 11 is 6.02. The fourth-order valence-corrected chi connectivity index (χ4v) is 3.11. The first-order valence-electron chi connectivity index (χ1n) is 8.87. The molecule has 0 saturated carbocycles. The maximum atomic E-state index is 12.6. The van der Waals surface area contributed by atoms with Crippen LogP contribution in [-0.4, -0.2) is 52.9 Å². The molecule has 1 aliphatic rings. The van der Waals surface area contributed by atoms with Crippen molar-refractivity contribution in [3.8, 4) is 11.6 Å². The number of ether oxygens (including phenoxy) is 1. The van der Waals surface area contributed by atoms with E-state index in [-0.39, 0.29) is 5.91 Å². The molecule has 6 heteroatoms. The van der Waals surface area contributed by atoms with Crippen molar-refractivity contribution in [3.05, 3.63) is 52.7 Å². The molecule has 0 N–H and O–H groups in total. The number of rotatable bonds is 4. The Hall–Kier alpha value is -2.11. The maximum absolute atomic E-state index is 12.6. The second-order valence-electron chi connectivity index (χ2n) is 6.82. The van der Waals surface area contributed by atoms with E-state index < -0.39 is 0 Å². The molecule has 1 aromatic carbocycles. The number of pyridine rings is 1. The van der Waals surface area contributed by atoms with Gasteiger partial charge < -0.3 is 9.64 Å². The third-order valence-corrected chi connectivity index (χ3v) is 5.09.